The number of carbonyl (C=O) groups is 2. The van der Waals surface area contributed by atoms with E-state index in [0.717, 1.165) is 25.8 Å². The molecule has 1 atom stereocenters. The van der Waals surface area contributed by atoms with Crippen LogP contribution in [0.1, 0.15) is 25.7 Å². The van der Waals surface area contributed by atoms with E-state index in [0.29, 0.717) is 26.3 Å². The highest BCUT2D eigenvalue weighted by Crippen LogP contribution is 2.19. The van der Waals surface area contributed by atoms with E-state index in [1.54, 1.807) is 4.90 Å². The van der Waals surface area contributed by atoms with Gasteiger partial charge in [-0.2, -0.15) is 0 Å². The molecule has 1 aliphatic heterocycles. The van der Waals surface area contributed by atoms with Gasteiger partial charge in [-0.3, -0.25) is 4.79 Å². The van der Waals surface area contributed by atoms with E-state index < -0.39 is 5.97 Å². The monoisotopic (exact) mass is 301 g/mol. The third kappa shape index (κ3) is 7.29. The number of piperidine rings is 1. The number of ether oxygens (including phenoxy) is 1. The number of urea groups is 1. The summed E-state index contributed by atoms with van der Waals surface area (Å²) in [5.41, 5.74) is 0. The summed E-state index contributed by atoms with van der Waals surface area (Å²) >= 11 is 0. The molecule has 0 aromatic rings. The number of rotatable bonds is 8. The molecule has 0 aromatic heterocycles. The molecule has 7 heteroatoms. The molecule has 0 spiro atoms. The van der Waals surface area contributed by atoms with Gasteiger partial charge in [0.15, 0.2) is 0 Å². The molecule has 0 aliphatic carbocycles. The molecule has 1 saturated heterocycles. The molecule has 0 bridgehead atoms. The molecular formula is C14H27N3O4. The molecule has 1 heterocycles. The largest absolute Gasteiger partial charge is 0.481 e. The minimum Gasteiger partial charge on any atom is -0.481 e. The standard InChI is InChI=1S/C14H27N3O4/c1-16(2)8-10-21-9-6-15-14(20)17-7-4-3-5-12(17)11-13(18)19/h12H,3-11H2,1-2H3,(H,15,20)(H,18,19). The second-order valence-corrected chi connectivity index (χ2v) is 5.59. The van der Waals surface area contributed by atoms with Gasteiger partial charge in [-0.25, -0.2) is 4.79 Å². The van der Waals surface area contributed by atoms with Crippen molar-refractivity contribution in [2.75, 3.05) is 46.9 Å². The van der Waals surface area contributed by atoms with Gasteiger partial charge in [-0.1, -0.05) is 0 Å². The van der Waals surface area contributed by atoms with E-state index in [1.165, 1.54) is 0 Å². The fourth-order valence-electron chi connectivity index (χ4n) is 2.36. The van der Waals surface area contributed by atoms with Gasteiger partial charge in [-0.05, 0) is 33.4 Å². The normalized spacial score (nSPS) is 18.8. The van der Waals surface area contributed by atoms with Crippen molar-refractivity contribution in [1.29, 1.82) is 0 Å². The molecule has 1 unspecified atom stereocenters. The van der Waals surface area contributed by atoms with Gasteiger partial charge in [0, 0.05) is 25.7 Å². The van der Waals surface area contributed by atoms with E-state index >= 15 is 0 Å². The minimum atomic E-state index is -0.855. The lowest BCUT2D eigenvalue weighted by Gasteiger charge is -2.34. The molecule has 1 rings (SSSR count). The SMILES string of the molecule is CN(C)CCOCCNC(=O)N1CCCCC1CC(=O)O. The predicted octanol–water partition coefficient (Wildman–Crippen LogP) is 0.603. The maximum Gasteiger partial charge on any atom is 0.317 e. The van der Waals surface area contributed by atoms with Gasteiger partial charge in [0.05, 0.1) is 19.6 Å². The van der Waals surface area contributed by atoms with Crippen molar-refractivity contribution in [1.82, 2.24) is 15.1 Å². The highest BCUT2D eigenvalue weighted by molar-refractivity contribution is 5.76. The van der Waals surface area contributed by atoms with E-state index in [-0.39, 0.29) is 18.5 Å². The Morgan fingerprint density at radius 1 is 1.33 bits per heavy atom. The summed E-state index contributed by atoms with van der Waals surface area (Å²) in [6, 6.07) is -0.372. The number of likely N-dealkylation sites (N-methyl/N-ethyl adjacent to an activating group) is 1. The molecule has 21 heavy (non-hydrogen) atoms. The van der Waals surface area contributed by atoms with Crippen LogP contribution in [-0.2, 0) is 9.53 Å². The van der Waals surface area contributed by atoms with Crippen LogP contribution in [0.3, 0.4) is 0 Å². The molecule has 0 aromatic carbocycles. The first kappa shape index (κ1) is 17.7. The molecule has 0 radical (unpaired) electrons. The number of carbonyl (C=O) groups excluding carboxylic acids is 1. The van der Waals surface area contributed by atoms with Crippen molar-refractivity contribution in [2.45, 2.75) is 31.7 Å². The van der Waals surface area contributed by atoms with Crippen molar-refractivity contribution >= 4 is 12.0 Å². The molecule has 0 saturated carbocycles. The highest BCUT2D eigenvalue weighted by atomic mass is 16.5. The van der Waals surface area contributed by atoms with Gasteiger partial charge in [0.1, 0.15) is 0 Å². The first-order valence-electron chi connectivity index (χ1n) is 7.49. The summed E-state index contributed by atoms with van der Waals surface area (Å²) in [4.78, 5) is 26.6. The van der Waals surface area contributed by atoms with Crippen LogP contribution in [0, 0.1) is 0 Å². The average Bonchev–Trinajstić information content (AvgIpc) is 2.42. The molecule has 2 N–H and O–H groups in total. The molecule has 1 aliphatic rings. The number of amides is 2. The first-order chi connectivity index (χ1) is 10.0. The third-order valence-corrected chi connectivity index (χ3v) is 3.50. The Balaban J connectivity index is 2.24. The Morgan fingerprint density at radius 2 is 2.10 bits per heavy atom. The summed E-state index contributed by atoms with van der Waals surface area (Å²) in [6.45, 7) is 3.03. The van der Waals surface area contributed by atoms with Gasteiger partial charge in [-0.15, -0.1) is 0 Å². The Kier molecular flexibility index (Phi) is 8.07. The fraction of sp³-hybridized carbons (Fsp3) is 0.857. The van der Waals surface area contributed by atoms with Gasteiger partial charge in [0.2, 0.25) is 0 Å². The molecule has 7 nitrogen and oxygen atoms in total. The van der Waals surface area contributed by atoms with Crippen molar-refractivity contribution in [3.8, 4) is 0 Å². The van der Waals surface area contributed by atoms with Crippen LogP contribution < -0.4 is 5.32 Å². The van der Waals surface area contributed by atoms with E-state index in [4.69, 9.17) is 9.84 Å². The maximum atomic E-state index is 12.1. The number of aliphatic carboxylic acids is 1. The van der Waals surface area contributed by atoms with Crippen LogP contribution in [0.5, 0.6) is 0 Å². The summed E-state index contributed by atoms with van der Waals surface area (Å²) < 4.78 is 5.40. The summed E-state index contributed by atoms with van der Waals surface area (Å²) in [5, 5.41) is 11.7. The predicted molar refractivity (Wildman–Crippen MR) is 79.4 cm³/mol. The Morgan fingerprint density at radius 3 is 2.76 bits per heavy atom. The van der Waals surface area contributed by atoms with Crippen LogP contribution >= 0.6 is 0 Å². The number of nitrogens with one attached hydrogen (secondary N) is 1. The van der Waals surface area contributed by atoms with E-state index in [2.05, 4.69) is 5.32 Å². The van der Waals surface area contributed by atoms with Crippen LogP contribution in [0.15, 0.2) is 0 Å². The van der Waals surface area contributed by atoms with Crippen molar-refractivity contribution in [3.05, 3.63) is 0 Å². The Bertz CT molecular complexity index is 336. The van der Waals surface area contributed by atoms with Gasteiger partial charge in [0.25, 0.3) is 0 Å². The minimum absolute atomic E-state index is 0.0206. The fourth-order valence-corrected chi connectivity index (χ4v) is 2.36. The second-order valence-electron chi connectivity index (χ2n) is 5.59. The highest BCUT2D eigenvalue weighted by Gasteiger charge is 2.28. The Labute approximate surface area is 126 Å². The van der Waals surface area contributed by atoms with Crippen molar-refractivity contribution in [3.63, 3.8) is 0 Å². The molecule has 1 fully saturated rings. The van der Waals surface area contributed by atoms with Crippen LogP contribution in [0.2, 0.25) is 0 Å². The summed E-state index contributed by atoms with van der Waals surface area (Å²) in [7, 11) is 3.95. The Hall–Kier alpha value is -1.34. The van der Waals surface area contributed by atoms with E-state index in [9.17, 15) is 9.59 Å². The third-order valence-electron chi connectivity index (χ3n) is 3.50. The number of carboxylic acids is 1. The second kappa shape index (κ2) is 9.57. The van der Waals surface area contributed by atoms with Crippen molar-refractivity contribution < 1.29 is 19.4 Å². The molecular weight excluding hydrogens is 274 g/mol. The lowest BCUT2D eigenvalue weighted by atomic mass is 10.00. The first-order valence-corrected chi connectivity index (χ1v) is 7.49. The lowest BCUT2D eigenvalue weighted by molar-refractivity contribution is -0.138. The number of nitrogens with zero attached hydrogens (tertiary/aromatic N) is 2. The van der Waals surface area contributed by atoms with Crippen LogP contribution in [0.25, 0.3) is 0 Å². The zero-order chi connectivity index (χ0) is 15.7. The molecule has 122 valence electrons. The number of hydrogen-bond donors (Lipinski definition) is 2. The zero-order valence-corrected chi connectivity index (χ0v) is 13.0. The number of hydrogen-bond acceptors (Lipinski definition) is 4. The smallest absolute Gasteiger partial charge is 0.317 e. The van der Waals surface area contributed by atoms with Crippen LogP contribution in [-0.4, -0.2) is 79.9 Å². The molecule has 2 amide bonds. The van der Waals surface area contributed by atoms with E-state index in [1.807, 2.05) is 19.0 Å². The lowest BCUT2D eigenvalue weighted by Crippen LogP contribution is -2.50. The van der Waals surface area contributed by atoms with Gasteiger partial charge >= 0.3 is 12.0 Å². The topological polar surface area (TPSA) is 82.1 Å². The van der Waals surface area contributed by atoms with Crippen molar-refractivity contribution in [2.24, 2.45) is 0 Å². The maximum absolute atomic E-state index is 12.1. The number of carboxylic acid groups (broad SMARTS) is 1. The van der Waals surface area contributed by atoms with Crippen LogP contribution in [0.4, 0.5) is 4.79 Å². The summed E-state index contributed by atoms with van der Waals surface area (Å²) in [6.07, 6.45) is 2.70. The zero-order valence-electron chi connectivity index (χ0n) is 13.0. The number of likely N-dealkylation sites (tertiary alicyclic amines) is 1. The quantitative estimate of drug-likeness (QED) is 0.642. The average molecular weight is 301 g/mol. The van der Waals surface area contributed by atoms with Gasteiger partial charge < -0.3 is 25.0 Å². The summed E-state index contributed by atoms with van der Waals surface area (Å²) in [5.74, 6) is -0.855.